The predicted octanol–water partition coefficient (Wildman–Crippen LogP) is 1.73. The zero-order valence-corrected chi connectivity index (χ0v) is 8.22. The number of hydrogen-bond acceptors (Lipinski definition) is 2. The van der Waals surface area contributed by atoms with Crippen LogP contribution >= 0.6 is 11.6 Å². The van der Waals surface area contributed by atoms with Gasteiger partial charge in [-0.3, -0.25) is 4.98 Å². The van der Waals surface area contributed by atoms with E-state index in [1.54, 1.807) is 6.07 Å². The lowest BCUT2D eigenvalue weighted by atomic mass is 10.1. The minimum Gasteiger partial charge on any atom is -0.289 e. The van der Waals surface area contributed by atoms with Crippen molar-refractivity contribution in [1.29, 1.82) is 0 Å². The van der Waals surface area contributed by atoms with Crippen LogP contribution in [0, 0.1) is 6.92 Å². The summed E-state index contributed by atoms with van der Waals surface area (Å²) in [4.78, 5) is 13.4. The van der Waals surface area contributed by atoms with Crippen molar-refractivity contribution in [3.8, 4) is 11.4 Å². The fraction of sp³-hybridized carbons (Fsp3) is 0.111. The number of nitrogens with one attached hydrogen (secondary N) is 2. The minimum atomic E-state index is -0.311. The summed E-state index contributed by atoms with van der Waals surface area (Å²) in [6.45, 7) is 1.91. The van der Waals surface area contributed by atoms with Crippen LogP contribution in [0.4, 0.5) is 0 Å². The lowest BCUT2D eigenvalue weighted by molar-refractivity contribution is 1.05. The van der Waals surface area contributed by atoms with Gasteiger partial charge in [0.2, 0.25) is 0 Å². The quantitative estimate of drug-likeness (QED) is 0.752. The van der Waals surface area contributed by atoms with E-state index in [2.05, 4.69) is 15.2 Å². The van der Waals surface area contributed by atoms with Gasteiger partial charge in [0, 0.05) is 10.6 Å². The van der Waals surface area contributed by atoms with Crippen LogP contribution in [-0.2, 0) is 0 Å². The first kappa shape index (κ1) is 9.02. The Labute approximate surface area is 84.9 Å². The van der Waals surface area contributed by atoms with Crippen molar-refractivity contribution in [2.24, 2.45) is 0 Å². The van der Waals surface area contributed by atoms with Crippen LogP contribution in [0.25, 0.3) is 11.4 Å². The number of nitrogens with zero attached hydrogens (tertiary/aromatic N) is 1. The highest BCUT2D eigenvalue weighted by atomic mass is 35.5. The molecule has 2 rings (SSSR count). The topological polar surface area (TPSA) is 61.5 Å². The summed E-state index contributed by atoms with van der Waals surface area (Å²) in [6.07, 6.45) is 0. The van der Waals surface area contributed by atoms with Crippen molar-refractivity contribution in [2.45, 2.75) is 6.92 Å². The molecule has 0 bridgehead atoms. The number of halogens is 1. The van der Waals surface area contributed by atoms with Gasteiger partial charge < -0.3 is 0 Å². The van der Waals surface area contributed by atoms with Gasteiger partial charge in [-0.05, 0) is 30.7 Å². The molecule has 0 radical (unpaired) electrons. The molecule has 0 aliphatic carbocycles. The van der Waals surface area contributed by atoms with Gasteiger partial charge >= 0.3 is 5.69 Å². The number of H-pyrrole nitrogens is 2. The van der Waals surface area contributed by atoms with Crippen LogP contribution in [0.3, 0.4) is 0 Å². The Hall–Kier alpha value is -1.55. The SMILES string of the molecule is Cc1cc(Cl)ccc1-c1n[nH]c(=O)[nH]1. The zero-order valence-electron chi connectivity index (χ0n) is 7.47. The third-order valence-corrected chi connectivity index (χ3v) is 2.18. The third-order valence-electron chi connectivity index (χ3n) is 1.94. The average molecular weight is 210 g/mol. The highest BCUT2D eigenvalue weighted by Gasteiger charge is 2.05. The van der Waals surface area contributed by atoms with Crippen molar-refractivity contribution in [3.05, 3.63) is 39.3 Å². The van der Waals surface area contributed by atoms with E-state index >= 15 is 0 Å². The summed E-state index contributed by atoms with van der Waals surface area (Å²) in [5, 5.41) is 6.83. The Kier molecular flexibility index (Phi) is 2.13. The molecule has 0 aliphatic rings. The molecule has 1 aromatic heterocycles. The number of aromatic amines is 2. The number of benzene rings is 1. The highest BCUT2D eigenvalue weighted by Crippen LogP contribution is 2.21. The molecule has 0 amide bonds. The monoisotopic (exact) mass is 209 g/mol. The van der Waals surface area contributed by atoms with Gasteiger partial charge in [-0.25, -0.2) is 9.89 Å². The molecule has 0 atom stereocenters. The van der Waals surface area contributed by atoms with Gasteiger partial charge in [0.1, 0.15) is 0 Å². The lowest BCUT2D eigenvalue weighted by Gasteiger charge is -2.01. The normalized spacial score (nSPS) is 10.4. The Morgan fingerprint density at radius 1 is 1.43 bits per heavy atom. The maximum atomic E-state index is 10.8. The number of aryl methyl sites for hydroxylation is 1. The summed E-state index contributed by atoms with van der Waals surface area (Å²) >= 11 is 5.81. The van der Waals surface area contributed by atoms with E-state index in [0.29, 0.717) is 10.8 Å². The second-order valence-corrected chi connectivity index (χ2v) is 3.42. The molecule has 0 saturated carbocycles. The first-order chi connectivity index (χ1) is 6.66. The Morgan fingerprint density at radius 2 is 2.21 bits per heavy atom. The third kappa shape index (κ3) is 1.56. The maximum absolute atomic E-state index is 10.8. The molecule has 0 fully saturated rings. The Balaban J connectivity index is 2.57. The van der Waals surface area contributed by atoms with Gasteiger partial charge in [-0.15, -0.1) is 0 Å². The van der Waals surface area contributed by atoms with E-state index in [1.807, 2.05) is 19.1 Å². The number of aromatic nitrogens is 3. The van der Waals surface area contributed by atoms with E-state index < -0.39 is 0 Å². The van der Waals surface area contributed by atoms with Crippen LogP contribution in [-0.4, -0.2) is 15.2 Å². The van der Waals surface area contributed by atoms with Crippen LogP contribution in [0.1, 0.15) is 5.56 Å². The van der Waals surface area contributed by atoms with Crippen LogP contribution in [0.2, 0.25) is 5.02 Å². The molecule has 2 N–H and O–H groups in total. The standard InChI is InChI=1S/C9H8ClN3O/c1-5-4-6(10)2-3-7(5)8-11-9(14)13-12-8/h2-4H,1H3,(H2,11,12,13,14). The largest absolute Gasteiger partial charge is 0.340 e. The average Bonchev–Trinajstić information content (AvgIpc) is 2.51. The van der Waals surface area contributed by atoms with Gasteiger partial charge in [-0.2, -0.15) is 5.10 Å². The van der Waals surface area contributed by atoms with E-state index in [9.17, 15) is 4.79 Å². The summed E-state index contributed by atoms with van der Waals surface area (Å²) < 4.78 is 0. The smallest absolute Gasteiger partial charge is 0.289 e. The summed E-state index contributed by atoms with van der Waals surface area (Å²) in [6, 6.07) is 5.41. The molecule has 0 aliphatic heterocycles. The van der Waals surface area contributed by atoms with Crippen molar-refractivity contribution >= 4 is 11.6 Å². The van der Waals surface area contributed by atoms with Gasteiger partial charge in [0.15, 0.2) is 5.82 Å². The molecule has 4 nitrogen and oxygen atoms in total. The second-order valence-electron chi connectivity index (χ2n) is 2.99. The molecule has 2 aromatic rings. The molecular weight excluding hydrogens is 202 g/mol. The van der Waals surface area contributed by atoms with Crippen LogP contribution in [0.15, 0.2) is 23.0 Å². The molecule has 5 heteroatoms. The van der Waals surface area contributed by atoms with Crippen molar-refractivity contribution < 1.29 is 0 Å². The lowest BCUT2D eigenvalue weighted by Crippen LogP contribution is -2.00. The zero-order chi connectivity index (χ0) is 10.1. The van der Waals surface area contributed by atoms with Crippen molar-refractivity contribution in [1.82, 2.24) is 15.2 Å². The molecule has 0 unspecified atom stereocenters. The molecule has 0 saturated heterocycles. The van der Waals surface area contributed by atoms with Crippen LogP contribution in [0.5, 0.6) is 0 Å². The summed E-state index contributed by atoms with van der Waals surface area (Å²) in [7, 11) is 0. The second kappa shape index (κ2) is 3.31. The van der Waals surface area contributed by atoms with Crippen molar-refractivity contribution in [2.75, 3.05) is 0 Å². The Morgan fingerprint density at radius 3 is 2.79 bits per heavy atom. The number of rotatable bonds is 1. The summed E-state index contributed by atoms with van der Waals surface area (Å²) in [5.74, 6) is 0.532. The van der Waals surface area contributed by atoms with Gasteiger partial charge in [-0.1, -0.05) is 11.6 Å². The van der Waals surface area contributed by atoms with Crippen LogP contribution < -0.4 is 5.69 Å². The van der Waals surface area contributed by atoms with E-state index in [1.165, 1.54) is 0 Å². The van der Waals surface area contributed by atoms with E-state index in [4.69, 9.17) is 11.6 Å². The first-order valence-corrected chi connectivity index (χ1v) is 4.46. The molecule has 1 heterocycles. The minimum absolute atomic E-state index is 0.311. The molecule has 1 aromatic carbocycles. The first-order valence-electron chi connectivity index (χ1n) is 4.08. The molecular formula is C9H8ClN3O. The highest BCUT2D eigenvalue weighted by molar-refractivity contribution is 6.30. The predicted molar refractivity (Wildman–Crippen MR) is 54.4 cm³/mol. The Bertz CT molecular complexity index is 515. The van der Waals surface area contributed by atoms with Crippen molar-refractivity contribution in [3.63, 3.8) is 0 Å². The van der Waals surface area contributed by atoms with Gasteiger partial charge in [0.05, 0.1) is 0 Å². The molecule has 0 spiro atoms. The van der Waals surface area contributed by atoms with E-state index in [-0.39, 0.29) is 5.69 Å². The van der Waals surface area contributed by atoms with Gasteiger partial charge in [0.25, 0.3) is 0 Å². The molecule has 72 valence electrons. The fourth-order valence-electron chi connectivity index (χ4n) is 1.29. The maximum Gasteiger partial charge on any atom is 0.340 e. The number of hydrogen-bond donors (Lipinski definition) is 2. The summed E-state index contributed by atoms with van der Waals surface area (Å²) in [5.41, 5.74) is 1.53. The van der Waals surface area contributed by atoms with E-state index in [0.717, 1.165) is 11.1 Å². The molecule has 14 heavy (non-hydrogen) atoms. The fourth-order valence-corrected chi connectivity index (χ4v) is 1.52.